The van der Waals surface area contributed by atoms with E-state index in [2.05, 4.69) is 10.5 Å². The van der Waals surface area contributed by atoms with E-state index in [9.17, 15) is 14.7 Å². The lowest BCUT2D eigenvalue weighted by molar-refractivity contribution is -0.125. The third kappa shape index (κ3) is 3.75. The van der Waals surface area contributed by atoms with Crippen molar-refractivity contribution in [2.45, 2.75) is 0 Å². The lowest BCUT2D eigenvalue weighted by atomic mass is 10.2. The van der Waals surface area contributed by atoms with Crippen LogP contribution >= 0.6 is 0 Å². The van der Waals surface area contributed by atoms with Crippen LogP contribution in [0.15, 0.2) is 47.6 Å². The van der Waals surface area contributed by atoms with Crippen LogP contribution in [0.25, 0.3) is 0 Å². The quantitative estimate of drug-likeness (QED) is 0.622. The molecule has 0 saturated heterocycles. The van der Waals surface area contributed by atoms with Gasteiger partial charge in [-0.1, -0.05) is 12.1 Å². The van der Waals surface area contributed by atoms with Gasteiger partial charge in [-0.05, 0) is 30.3 Å². The van der Waals surface area contributed by atoms with E-state index < -0.39 is 5.91 Å². The summed E-state index contributed by atoms with van der Waals surface area (Å²) < 4.78 is 10.4. The molecule has 0 fully saturated rings. The lowest BCUT2D eigenvalue weighted by Gasteiger charge is -2.28. The standard InChI is InChI=1S/C18H17N3O5/c1-25-13-6-7-15(22)12(8-13)9-19-20-17(23)10-21-14-4-2-3-5-16(14)26-11-18(21)24/h2-9,22H,10-11H2,1H3,(H,20,23)/b19-9+. The van der Waals surface area contributed by atoms with E-state index in [-0.39, 0.29) is 24.8 Å². The molecule has 8 nitrogen and oxygen atoms in total. The fraction of sp³-hybridized carbons (Fsp3) is 0.167. The minimum atomic E-state index is -0.478. The van der Waals surface area contributed by atoms with Crippen LogP contribution in [0.3, 0.4) is 0 Å². The van der Waals surface area contributed by atoms with Gasteiger partial charge in [-0.3, -0.25) is 14.5 Å². The number of carbonyl (C=O) groups excluding carboxylic acids is 2. The Morgan fingerprint density at radius 1 is 1.38 bits per heavy atom. The number of hydrazone groups is 1. The zero-order valence-corrected chi connectivity index (χ0v) is 14.0. The molecule has 134 valence electrons. The monoisotopic (exact) mass is 355 g/mol. The highest BCUT2D eigenvalue weighted by Gasteiger charge is 2.26. The van der Waals surface area contributed by atoms with Gasteiger partial charge in [0.15, 0.2) is 6.61 Å². The normalized spacial score (nSPS) is 13.3. The van der Waals surface area contributed by atoms with Crippen LogP contribution in [-0.4, -0.2) is 43.4 Å². The third-order valence-corrected chi connectivity index (χ3v) is 3.74. The number of nitrogens with one attached hydrogen (secondary N) is 1. The molecule has 26 heavy (non-hydrogen) atoms. The Balaban J connectivity index is 1.65. The summed E-state index contributed by atoms with van der Waals surface area (Å²) in [5.74, 6) is 0.304. The van der Waals surface area contributed by atoms with Gasteiger partial charge < -0.3 is 14.6 Å². The molecule has 8 heteroatoms. The number of carbonyl (C=O) groups is 2. The van der Waals surface area contributed by atoms with Crippen molar-refractivity contribution in [2.24, 2.45) is 5.10 Å². The Kier molecular flexibility index (Phi) is 5.02. The van der Waals surface area contributed by atoms with Crippen molar-refractivity contribution in [1.82, 2.24) is 5.43 Å². The number of rotatable bonds is 5. The Morgan fingerprint density at radius 3 is 3.00 bits per heavy atom. The minimum absolute atomic E-state index is 0.00100. The van der Waals surface area contributed by atoms with E-state index in [1.54, 1.807) is 36.4 Å². The smallest absolute Gasteiger partial charge is 0.265 e. The average molecular weight is 355 g/mol. The number of phenolic OH excluding ortho intramolecular Hbond substituents is 1. The molecule has 0 bridgehead atoms. The molecule has 0 aliphatic carbocycles. The second-order valence-corrected chi connectivity index (χ2v) is 5.45. The topological polar surface area (TPSA) is 100 Å². The summed E-state index contributed by atoms with van der Waals surface area (Å²) in [6.07, 6.45) is 1.30. The van der Waals surface area contributed by atoms with Gasteiger partial charge in [0.25, 0.3) is 11.8 Å². The maximum Gasteiger partial charge on any atom is 0.265 e. The van der Waals surface area contributed by atoms with Crippen molar-refractivity contribution < 1.29 is 24.2 Å². The second kappa shape index (κ2) is 7.56. The molecule has 2 N–H and O–H groups in total. The lowest BCUT2D eigenvalue weighted by Crippen LogP contribution is -2.44. The molecule has 1 aliphatic heterocycles. The largest absolute Gasteiger partial charge is 0.507 e. The number of anilines is 1. The minimum Gasteiger partial charge on any atom is -0.507 e. The van der Waals surface area contributed by atoms with Crippen molar-refractivity contribution >= 4 is 23.7 Å². The van der Waals surface area contributed by atoms with Gasteiger partial charge in [0.2, 0.25) is 0 Å². The van der Waals surface area contributed by atoms with Gasteiger partial charge in [-0.25, -0.2) is 5.43 Å². The number of hydrogen-bond acceptors (Lipinski definition) is 6. The van der Waals surface area contributed by atoms with Crippen molar-refractivity contribution in [1.29, 1.82) is 0 Å². The second-order valence-electron chi connectivity index (χ2n) is 5.45. The molecular weight excluding hydrogens is 338 g/mol. The van der Waals surface area contributed by atoms with Gasteiger partial charge >= 0.3 is 0 Å². The SMILES string of the molecule is COc1ccc(O)c(/C=N/NC(=O)CN2C(=O)COc3ccccc32)c1. The van der Waals surface area contributed by atoms with Crippen LogP contribution in [0.2, 0.25) is 0 Å². The van der Waals surface area contributed by atoms with Gasteiger partial charge in [-0.15, -0.1) is 0 Å². The molecule has 2 aromatic carbocycles. The Labute approximate surface area is 149 Å². The van der Waals surface area contributed by atoms with Gasteiger partial charge in [0.05, 0.1) is 19.0 Å². The van der Waals surface area contributed by atoms with E-state index in [1.165, 1.54) is 24.3 Å². The van der Waals surface area contributed by atoms with Gasteiger partial charge in [0.1, 0.15) is 23.8 Å². The molecule has 0 radical (unpaired) electrons. The van der Waals surface area contributed by atoms with Crippen LogP contribution in [0.5, 0.6) is 17.2 Å². The molecule has 1 aliphatic rings. The van der Waals surface area contributed by atoms with Crippen LogP contribution in [0.4, 0.5) is 5.69 Å². The van der Waals surface area contributed by atoms with E-state index in [1.807, 2.05) is 0 Å². The summed E-state index contributed by atoms with van der Waals surface area (Å²) in [7, 11) is 1.51. The van der Waals surface area contributed by atoms with E-state index in [0.717, 1.165) is 0 Å². The number of methoxy groups -OCH3 is 1. The van der Waals surface area contributed by atoms with Crippen molar-refractivity contribution in [3.63, 3.8) is 0 Å². The van der Waals surface area contributed by atoms with E-state index in [0.29, 0.717) is 22.7 Å². The number of para-hydroxylation sites is 2. The first-order valence-electron chi connectivity index (χ1n) is 7.79. The molecule has 2 amide bonds. The molecule has 3 rings (SSSR count). The summed E-state index contributed by atoms with van der Waals surface area (Å²) in [4.78, 5) is 25.5. The van der Waals surface area contributed by atoms with E-state index in [4.69, 9.17) is 9.47 Å². The van der Waals surface area contributed by atoms with Crippen molar-refractivity contribution in [3.8, 4) is 17.2 Å². The number of ether oxygens (including phenoxy) is 2. The summed E-state index contributed by atoms with van der Waals surface area (Å²) in [5, 5.41) is 13.6. The highest BCUT2D eigenvalue weighted by atomic mass is 16.5. The number of benzene rings is 2. The fourth-order valence-corrected chi connectivity index (χ4v) is 2.44. The first-order valence-corrected chi connectivity index (χ1v) is 7.79. The van der Waals surface area contributed by atoms with Crippen molar-refractivity contribution in [2.75, 3.05) is 25.2 Å². The summed E-state index contributed by atoms with van der Waals surface area (Å²) in [5.41, 5.74) is 3.26. The number of phenols is 1. The van der Waals surface area contributed by atoms with Crippen LogP contribution in [0.1, 0.15) is 5.56 Å². The summed E-state index contributed by atoms with van der Waals surface area (Å²) in [6.45, 7) is -0.314. The Hall–Kier alpha value is -3.55. The van der Waals surface area contributed by atoms with Crippen molar-refractivity contribution in [3.05, 3.63) is 48.0 Å². The average Bonchev–Trinajstić information content (AvgIpc) is 2.65. The van der Waals surface area contributed by atoms with Crippen LogP contribution in [-0.2, 0) is 9.59 Å². The molecule has 1 heterocycles. The Bertz CT molecular complexity index is 866. The highest BCUT2D eigenvalue weighted by Crippen LogP contribution is 2.31. The zero-order valence-electron chi connectivity index (χ0n) is 14.0. The van der Waals surface area contributed by atoms with Crippen LogP contribution < -0.4 is 19.8 Å². The van der Waals surface area contributed by atoms with Gasteiger partial charge in [0, 0.05) is 5.56 Å². The van der Waals surface area contributed by atoms with E-state index >= 15 is 0 Å². The Morgan fingerprint density at radius 2 is 2.19 bits per heavy atom. The first-order chi connectivity index (χ1) is 12.6. The zero-order chi connectivity index (χ0) is 18.5. The maximum atomic E-state index is 12.1. The number of amides is 2. The fourth-order valence-electron chi connectivity index (χ4n) is 2.44. The molecular formula is C18H17N3O5. The summed E-state index contributed by atoms with van der Waals surface area (Å²) >= 11 is 0. The van der Waals surface area contributed by atoms with Crippen LogP contribution in [0, 0.1) is 0 Å². The molecule has 0 aromatic heterocycles. The molecule has 2 aromatic rings. The number of nitrogens with zero attached hydrogens (tertiary/aromatic N) is 2. The molecule has 0 spiro atoms. The molecule has 0 atom stereocenters. The highest BCUT2D eigenvalue weighted by molar-refractivity contribution is 6.02. The third-order valence-electron chi connectivity index (χ3n) is 3.74. The predicted molar refractivity (Wildman–Crippen MR) is 94.7 cm³/mol. The maximum absolute atomic E-state index is 12.1. The number of fused-ring (bicyclic) bond motifs is 1. The van der Waals surface area contributed by atoms with Gasteiger partial charge in [-0.2, -0.15) is 5.10 Å². The predicted octanol–water partition coefficient (Wildman–Crippen LogP) is 1.28. The first kappa shape index (κ1) is 17.3. The molecule has 0 unspecified atom stereocenters. The summed E-state index contributed by atoms with van der Waals surface area (Å²) in [6, 6.07) is 11.6. The molecule has 0 saturated carbocycles. The number of hydrogen-bond donors (Lipinski definition) is 2. The number of aromatic hydroxyl groups is 1.